The van der Waals surface area contributed by atoms with Crippen molar-refractivity contribution in [2.75, 3.05) is 37.9 Å². The topological polar surface area (TPSA) is 78.7 Å². The van der Waals surface area contributed by atoms with Crippen LogP contribution in [0.1, 0.15) is 16.9 Å². The zero-order valence-electron chi connectivity index (χ0n) is 19.1. The second kappa shape index (κ2) is 8.79. The molecular formula is C23H25F2N7OS. The number of carbonyl (C=O) groups excluding carboxylic acids is 1. The van der Waals surface area contributed by atoms with Gasteiger partial charge in [-0.25, -0.2) is 23.3 Å². The lowest BCUT2D eigenvalue weighted by atomic mass is 9.87. The minimum Gasteiger partial charge on any atom is -0.375 e. The minimum absolute atomic E-state index is 0.224. The maximum Gasteiger partial charge on any atom is 0.255 e. The number of nitrogens with zero attached hydrogens (tertiary/aromatic N) is 6. The van der Waals surface area contributed by atoms with Crippen molar-refractivity contribution in [3.8, 4) is 0 Å². The first-order chi connectivity index (χ1) is 16.3. The number of anilines is 3. The molecule has 0 spiro atoms. The molecule has 0 radical (unpaired) electrons. The molecule has 11 heteroatoms. The lowest BCUT2D eigenvalue weighted by Crippen LogP contribution is -2.38. The van der Waals surface area contributed by atoms with Crippen molar-refractivity contribution in [3.63, 3.8) is 0 Å². The van der Waals surface area contributed by atoms with Gasteiger partial charge in [-0.3, -0.25) is 4.79 Å². The molecule has 0 saturated carbocycles. The van der Waals surface area contributed by atoms with Crippen LogP contribution in [0.5, 0.6) is 0 Å². The molecule has 178 valence electrons. The zero-order chi connectivity index (χ0) is 24.0. The van der Waals surface area contributed by atoms with E-state index < -0.39 is 13.0 Å². The molecule has 1 unspecified atom stereocenters. The highest BCUT2D eigenvalue weighted by molar-refractivity contribution is 7.19. The highest BCUT2D eigenvalue weighted by Crippen LogP contribution is 2.41. The number of hydrogen-bond acceptors (Lipinski definition) is 7. The fourth-order valence-electron chi connectivity index (χ4n) is 4.56. The van der Waals surface area contributed by atoms with Crippen molar-refractivity contribution in [1.82, 2.24) is 24.5 Å². The van der Waals surface area contributed by atoms with E-state index in [9.17, 15) is 13.6 Å². The minimum atomic E-state index is -2.53. The van der Waals surface area contributed by atoms with Gasteiger partial charge in [-0.2, -0.15) is 5.10 Å². The summed E-state index contributed by atoms with van der Waals surface area (Å²) in [7, 11) is 5.39. The fourth-order valence-corrected chi connectivity index (χ4v) is 5.83. The summed E-state index contributed by atoms with van der Waals surface area (Å²) in [6, 6.07) is 3.97. The Kier molecular flexibility index (Phi) is 5.80. The Morgan fingerprint density at radius 2 is 2.15 bits per heavy atom. The number of nitrogens with one attached hydrogen (secondary N) is 1. The summed E-state index contributed by atoms with van der Waals surface area (Å²) < 4.78 is 27.3. The molecule has 0 aliphatic heterocycles. The van der Waals surface area contributed by atoms with Gasteiger partial charge in [0.1, 0.15) is 17.0 Å². The molecule has 8 nitrogen and oxygen atoms in total. The van der Waals surface area contributed by atoms with Crippen LogP contribution in [0, 0.1) is 5.92 Å². The Morgan fingerprint density at radius 3 is 2.91 bits per heavy atom. The number of halogens is 2. The highest BCUT2D eigenvalue weighted by Gasteiger charge is 2.31. The summed E-state index contributed by atoms with van der Waals surface area (Å²) >= 11 is 1.55. The summed E-state index contributed by atoms with van der Waals surface area (Å²) in [5, 5.41) is 8.79. The van der Waals surface area contributed by atoms with E-state index in [4.69, 9.17) is 0 Å². The number of rotatable bonds is 6. The van der Waals surface area contributed by atoms with Crippen LogP contribution in [0.25, 0.3) is 15.7 Å². The maximum atomic E-state index is 12.7. The Morgan fingerprint density at radius 1 is 1.32 bits per heavy atom. The lowest BCUT2D eigenvalue weighted by Gasteiger charge is -2.26. The van der Waals surface area contributed by atoms with Crippen LogP contribution in [0.2, 0.25) is 0 Å². The van der Waals surface area contributed by atoms with Crippen LogP contribution in [0.3, 0.4) is 0 Å². The van der Waals surface area contributed by atoms with E-state index in [1.165, 1.54) is 7.05 Å². The average molecular weight is 486 g/mol. The predicted octanol–water partition coefficient (Wildman–Crippen LogP) is 3.98. The molecular weight excluding hydrogens is 460 g/mol. The van der Waals surface area contributed by atoms with E-state index in [0.29, 0.717) is 25.1 Å². The van der Waals surface area contributed by atoms with Crippen LogP contribution in [0.4, 0.5) is 26.0 Å². The number of carbonyl (C=O) groups is 1. The smallest absolute Gasteiger partial charge is 0.255 e. The normalized spacial score (nSPS) is 15.6. The summed E-state index contributed by atoms with van der Waals surface area (Å²) in [6.45, 7) is -0.538. The molecule has 4 heterocycles. The Hall–Kier alpha value is -3.34. The number of hydrogen-bond donors (Lipinski definition) is 1. The number of pyridine rings is 1. The Labute approximate surface area is 199 Å². The van der Waals surface area contributed by atoms with Gasteiger partial charge in [0, 0.05) is 38.1 Å². The Bertz CT molecular complexity index is 1370. The molecule has 34 heavy (non-hydrogen) atoms. The first kappa shape index (κ1) is 22.5. The third kappa shape index (κ3) is 4.04. The van der Waals surface area contributed by atoms with Crippen LogP contribution in [0.15, 0.2) is 30.9 Å². The van der Waals surface area contributed by atoms with E-state index in [1.807, 2.05) is 41.8 Å². The number of amides is 1. The Balaban J connectivity index is 1.48. The maximum absolute atomic E-state index is 12.7. The van der Waals surface area contributed by atoms with E-state index in [1.54, 1.807) is 23.9 Å². The summed E-state index contributed by atoms with van der Waals surface area (Å²) in [5.74, 6) is 0.199. The van der Waals surface area contributed by atoms with Gasteiger partial charge in [0.15, 0.2) is 0 Å². The molecule has 1 aliphatic carbocycles. The van der Waals surface area contributed by atoms with Crippen LogP contribution in [-0.2, 0) is 17.6 Å². The van der Waals surface area contributed by atoms with Crippen molar-refractivity contribution in [3.05, 3.63) is 41.3 Å². The molecule has 5 rings (SSSR count). The summed E-state index contributed by atoms with van der Waals surface area (Å²) in [5.41, 5.74) is 3.95. The largest absolute Gasteiger partial charge is 0.375 e. The van der Waals surface area contributed by atoms with Crippen LogP contribution < -0.4 is 10.2 Å². The number of alkyl halides is 2. The van der Waals surface area contributed by atoms with Crippen molar-refractivity contribution in [1.29, 1.82) is 0 Å². The number of aryl methyl sites for hydroxylation is 1. The van der Waals surface area contributed by atoms with Crippen molar-refractivity contribution < 1.29 is 13.6 Å². The zero-order valence-corrected chi connectivity index (χ0v) is 19.9. The quantitative estimate of drug-likeness (QED) is 0.445. The molecule has 0 fully saturated rings. The van der Waals surface area contributed by atoms with Crippen molar-refractivity contribution >= 4 is 50.2 Å². The second-order valence-electron chi connectivity index (χ2n) is 8.75. The average Bonchev–Trinajstić information content (AvgIpc) is 3.41. The molecule has 1 atom stereocenters. The van der Waals surface area contributed by atoms with Crippen molar-refractivity contribution in [2.24, 2.45) is 5.92 Å². The standard InChI is InChI=1S/C23H25F2N7OS/c1-30(2)17-10-32-14(6-7-28-32)9-16(17)29-21-20-15-5-4-13(23(33)31(3)11-19(24)25)8-18(15)34-22(20)27-12-26-21/h6-7,9-10,12-13,19H,4-5,8,11H2,1-3H3,(H,26,27,29). The second-order valence-corrected chi connectivity index (χ2v) is 9.83. The summed E-state index contributed by atoms with van der Waals surface area (Å²) in [6.07, 6.45) is 4.56. The van der Waals surface area contributed by atoms with Gasteiger partial charge in [0.25, 0.3) is 6.43 Å². The number of thiophene rings is 1. The third-order valence-corrected chi connectivity index (χ3v) is 7.39. The first-order valence-corrected chi connectivity index (χ1v) is 11.8. The van der Waals surface area contributed by atoms with Gasteiger partial charge in [0.05, 0.1) is 35.0 Å². The van der Waals surface area contributed by atoms with Crippen LogP contribution >= 0.6 is 11.3 Å². The van der Waals surface area contributed by atoms with E-state index in [2.05, 4.69) is 20.4 Å². The van der Waals surface area contributed by atoms with E-state index in [0.717, 1.165) is 42.4 Å². The monoisotopic (exact) mass is 485 g/mol. The van der Waals surface area contributed by atoms with Gasteiger partial charge in [-0.15, -0.1) is 11.3 Å². The van der Waals surface area contributed by atoms with Gasteiger partial charge in [0.2, 0.25) is 5.91 Å². The molecule has 0 aromatic carbocycles. The summed E-state index contributed by atoms with van der Waals surface area (Å²) in [4.78, 5) is 26.8. The third-order valence-electron chi connectivity index (χ3n) is 6.23. The van der Waals surface area contributed by atoms with Gasteiger partial charge < -0.3 is 15.1 Å². The SMILES string of the molecule is CN(CC(F)F)C(=O)C1CCc2c(sc3ncnc(Nc4cc5ccnn5cc4N(C)C)c23)C1. The predicted molar refractivity (Wildman–Crippen MR) is 129 cm³/mol. The first-order valence-electron chi connectivity index (χ1n) is 11.0. The van der Waals surface area contributed by atoms with E-state index in [-0.39, 0.29) is 11.8 Å². The number of fused-ring (bicyclic) bond motifs is 4. The highest BCUT2D eigenvalue weighted by atomic mass is 32.1. The fraction of sp³-hybridized carbons (Fsp3) is 0.391. The molecule has 0 saturated heterocycles. The molecule has 1 amide bonds. The molecule has 0 bridgehead atoms. The van der Waals surface area contributed by atoms with Crippen LogP contribution in [-0.4, -0.2) is 64.5 Å². The molecule has 1 N–H and O–H groups in total. The van der Waals surface area contributed by atoms with Gasteiger partial charge in [-0.05, 0) is 37.0 Å². The molecule has 1 aliphatic rings. The lowest BCUT2D eigenvalue weighted by molar-refractivity contribution is -0.136. The van der Waals surface area contributed by atoms with Gasteiger partial charge >= 0.3 is 0 Å². The van der Waals surface area contributed by atoms with E-state index >= 15 is 0 Å². The van der Waals surface area contributed by atoms with Gasteiger partial charge in [-0.1, -0.05) is 0 Å². The number of aromatic nitrogens is 4. The molecule has 4 aromatic rings. The van der Waals surface area contributed by atoms with Crippen molar-refractivity contribution in [2.45, 2.75) is 25.7 Å². The molecule has 4 aromatic heterocycles.